The summed E-state index contributed by atoms with van der Waals surface area (Å²) in [6.07, 6.45) is 2.56. The molecular weight excluding hydrogens is 480 g/mol. The van der Waals surface area contributed by atoms with Crippen molar-refractivity contribution in [3.63, 3.8) is 0 Å². The number of carbonyl (C=O) groups is 1. The number of benzene rings is 3. The third-order valence-electron chi connectivity index (χ3n) is 6.45. The molecule has 1 aromatic heterocycles. The molecule has 0 aliphatic carbocycles. The average Bonchev–Trinajstić information content (AvgIpc) is 2.97. The molecular formula is C30H32N4O4. The normalized spacial score (nSPS) is 13.7. The van der Waals surface area contributed by atoms with Crippen LogP contribution < -0.4 is 20.1 Å². The molecule has 0 radical (unpaired) electrons. The maximum absolute atomic E-state index is 13.1. The lowest BCUT2D eigenvalue weighted by Crippen LogP contribution is -2.38. The van der Waals surface area contributed by atoms with Crippen molar-refractivity contribution in [2.75, 3.05) is 51.8 Å². The SMILES string of the molecule is COc1cc2nccc(Oc3ccc(Nc4ccccc4)cc3)c2cc1C(=O)NCCCN1CCOCC1. The Bertz CT molecular complexity index is 1360. The number of carbonyl (C=O) groups excluding carboxylic acids is 1. The van der Waals surface area contributed by atoms with Crippen molar-refractivity contribution in [3.05, 3.63) is 84.6 Å². The van der Waals surface area contributed by atoms with Crippen LogP contribution in [0.1, 0.15) is 16.8 Å². The van der Waals surface area contributed by atoms with Gasteiger partial charge in [0.25, 0.3) is 5.91 Å². The van der Waals surface area contributed by atoms with Crippen molar-refractivity contribution in [3.8, 4) is 17.2 Å². The Hall–Kier alpha value is -4.14. The van der Waals surface area contributed by atoms with Gasteiger partial charge in [0, 0.05) is 48.7 Å². The first-order chi connectivity index (χ1) is 18.7. The number of anilines is 2. The second kappa shape index (κ2) is 12.4. The molecule has 0 spiro atoms. The van der Waals surface area contributed by atoms with E-state index in [2.05, 4.69) is 20.5 Å². The molecule has 0 unspecified atom stereocenters. The molecule has 4 aromatic rings. The zero-order chi connectivity index (χ0) is 26.2. The molecule has 5 rings (SSSR count). The molecule has 196 valence electrons. The summed E-state index contributed by atoms with van der Waals surface area (Å²) < 4.78 is 17.1. The highest BCUT2D eigenvalue weighted by atomic mass is 16.5. The molecule has 0 saturated carbocycles. The fraction of sp³-hybridized carbons (Fsp3) is 0.267. The number of aromatic nitrogens is 1. The molecule has 0 bridgehead atoms. The lowest BCUT2D eigenvalue weighted by Gasteiger charge is -2.26. The molecule has 1 aliphatic rings. The van der Waals surface area contributed by atoms with E-state index in [-0.39, 0.29) is 5.91 Å². The Balaban J connectivity index is 1.28. The van der Waals surface area contributed by atoms with Crippen LogP contribution in [0, 0.1) is 0 Å². The third-order valence-corrected chi connectivity index (χ3v) is 6.45. The minimum Gasteiger partial charge on any atom is -0.496 e. The molecule has 1 amide bonds. The zero-order valence-electron chi connectivity index (χ0n) is 21.5. The van der Waals surface area contributed by atoms with Crippen molar-refractivity contribution in [2.24, 2.45) is 0 Å². The van der Waals surface area contributed by atoms with E-state index >= 15 is 0 Å². The van der Waals surface area contributed by atoms with E-state index in [0.717, 1.165) is 56.0 Å². The number of hydrogen-bond donors (Lipinski definition) is 2. The first-order valence-corrected chi connectivity index (χ1v) is 12.8. The van der Waals surface area contributed by atoms with Crippen LogP contribution in [0.25, 0.3) is 10.9 Å². The third kappa shape index (κ3) is 6.40. The standard InChI is InChI=1S/C30H32N4O4/c1-36-29-21-27-25(20-26(29)30(35)32-13-5-15-34-16-18-37-19-17-34)28(12-14-31-27)38-24-10-8-23(9-11-24)33-22-6-3-2-4-7-22/h2-4,6-12,14,20-21,33H,5,13,15-19H2,1H3,(H,32,35). The van der Waals surface area contributed by atoms with Crippen LogP contribution in [0.4, 0.5) is 11.4 Å². The fourth-order valence-electron chi connectivity index (χ4n) is 4.43. The summed E-state index contributed by atoms with van der Waals surface area (Å²) in [7, 11) is 1.56. The number of nitrogens with one attached hydrogen (secondary N) is 2. The zero-order valence-corrected chi connectivity index (χ0v) is 21.5. The lowest BCUT2D eigenvalue weighted by molar-refractivity contribution is 0.0374. The monoisotopic (exact) mass is 512 g/mol. The highest BCUT2D eigenvalue weighted by molar-refractivity contribution is 6.02. The van der Waals surface area contributed by atoms with Gasteiger partial charge in [0.05, 0.1) is 31.4 Å². The van der Waals surface area contributed by atoms with Crippen LogP contribution in [0.5, 0.6) is 17.2 Å². The van der Waals surface area contributed by atoms with Gasteiger partial charge in [0.1, 0.15) is 17.2 Å². The Kier molecular flexibility index (Phi) is 8.32. The van der Waals surface area contributed by atoms with Gasteiger partial charge in [-0.05, 0) is 61.5 Å². The maximum atomic E-state index is 13.1. The topological polar surface area (TPSA) is 85.0 Å². The number of pyridine rings is 1. The van der Waals surface area contributed by atoms with Gasteiger partial charge < -0.3 is 24.8 Å². The number of rotatable bonds is 10. The molecule has 1 aliphatic heterocycles. The predicted molar refractivity (Wildman–Crippen MR) is 149 cm³/mol. The molecule has 2 heterocycles. The molecule has 1 saturated heterocycles. The van der Waals surface area contributed by atoms with E-state index in [1.807, 2.05) is 54.6 Å². The maximum Gasteiger partial charge on any atom is 0.255 e. The van der Waals surface area contributed by atoms with Gasteiger partial charge in [-0.15, -0.1) is 0 Å². The van der Waals surface area contributed by atoms with Crippen LogP contribution in [0.2, 0.25) is 0 Å². The smallest absolute Gasteiger partial charge is 0.255 e. The minimum absolute atomic E-state index is 0.183. The highest BCUT2D eigenvalue weighted by Gasteiger charge is 2.17. The number of morpholine rings is 1. The summed E-state index contributed by atoms with van der Waals surface area (Å²) in [5.74, 6) is 1.59. The summed E-state index contributed by atoms with van der Waals surface area (Å²) in [4.78, 5) is 19.9. The van der Waals surface area contributed by atoms with Gasteiger partial charge in [-0.1, -0.05) is 18.2 Å². The summed E-state index contributed by atoms with van der Waals surface area (Å²) >= 11 is 0. The highest BCUT2D eigenvalue weighted by Crippen LogP contribution is 2.33. The van der Waals surface area contributed by atoms with Crippen LogP contribution in [0.3, 0.4) is 0 Å². The molecule has 0 atom stereocenters. The van der Waals surface area contributed by atoms with E-state index in [9.17, 15) is 4.79 Å². The number of fused-ring (bicyclic) bond motifs is 1. The van der Waals surface area contributed by atoms with E-state index in [4.69, 9.17) is 14.2 Å². The second-order valence-corrected chi connectivity index (χ2v) is 9.06. The van der Waals surface area contributed by atoms with Gasteiger partial charge >= 0.3 is 0 Å². The quantitative estimate of drug-likeness (QED) is 0.282. The summed E-state index contributed by atoms with van der Waals surface area (Å²) in [5, 5.41) is 7.13. The van der Waals surface area contributed by atoms with Crippen LogP contribution in [0.15, 0.2) is 79.0 Å². The molecule has 3 aromatic carbocycles. The largest absolute Gasteiger partial charge is 0.496 e. The van der Waals surface area contributed by atoms with Crippen LogP contribution in [-0.4, -0.2) is 62.3 Å². The number of hydrogen-bond acceptors (Lipinski definition) is 7. The van der Waals surface area contributed by atoms with Crippen molar-refractivity contribution >= 4 is 28.2 Å². The van der Waals surface area contributed by atoms with Gasteiger partial charge in [-0.2, -0.15) is 0 Å². The van der Waals surface area contributed by atoms with Gasteiger partial charge in [0.2, 0.25) is 0 Å². The fourth-order valence-corrected chi connectivity index (χ4v) is 4.43. The molecule has 8 heteroatoms. The Morgan fingerprint density at radius 1 is 0.974 bits per heavy atom. The van der Waals surface area contributed by atoms with E-state index in [1.54, 1.807) is 31.5 Å². The first kappa shape index (κ1) is 25.5. The molecule has 8 nitrogen and oxygen atoms in total. The van der Waals surface area contributed by atoms with Gasteiger partial charge in [0.15, 0.2) is 0 Å². The second-order valence-electron chi connectivity index (χ2n) is 9.06. The van der Waals surface area contributed by atoms with Crippen molar-refractivity contribution < 1.29 is 19.0 Å². The van der Waals surface area contributed by atoms with Crippen molar-refractivity contribution in [1.29, 1.82) is 0 Å². The predicted octanol–water partition coefficient (Wildman–Crippen LogP) is 5.23. The number of methoxy groups -OCH3 is 1. The Labute approximate surface area is 222 Å². The van der Waals surface area contributed by atoms with E-state index in [0.29, 0.717) is 34.9 Å². The number of ether oxygens (including phenoxy) is 3. The Morgan fingerprint density at radius 3 is 2.50 bits per heavy atom. The minimum atomic E-state index is -0.183. The van der Waals surface area contributed by atoms with Gasteiger partial charge in [-0.25, -0.2) is 0 Å². The van der Waals surface area contributed by atoms with Gasteiger partial charge in [-0.3, -0.25) is 14.7 Å². The number of para-hydroxylation sites is 1. The molecule has 38 heavy (non-hydrogen) atoms. The summed E-state index contributed by atoms with van der Waals surface area (Å²) in [5.41, 5.74) is 3.11. The lowest BCUT2D eigenvalue weighted by atomic mass is 10.1. The van der Waals surface area contributed by atoms with E-state index in [1.165, 1.54) is 0 Å². The Morgan fingerprint density at radius 2 is 1.74 bits per heavy atom. The van der Waals surface area contributed by atoms with Crippen molar-refractivity contribution in [2.45, 2.75) is 6.42 Å². The number of nitrogens with zero attached hydrogens (tertiary/aromatic N) is 2. The first-order valence-electron chi connectivity index (χ1n) is 12.8. The van der Waals surface area contributed by atoms with Crippen LogP contribution in [-0.2, 0) is 4.74 Å². The molecule has 2 N–H and O–H groups in total. The summed E-state index contributed by atoms with van der Waals surface area (Å²) in [6, 6.07) is 23.1. The average molecular weight is 513 g/mol. The van der Waals surface area contributed by atoms with Crippen molar-refractivity contribution in [1.82, 2.24) is 15.2 Å². The van der Waals surface area contributed by atoms with E-state index < -0.39 is 0 Å². The summed E-state index contributed by atoms with van der Waals surface area (Å²) in [6.45, 7) is 4.93. The van der Waals surface area contributed by atoms with Crippen LogP contribution >= 0.6 is 0 Å². The number of amides is 1. The molecule has 1 fully saturated rings.